The highest BCUT2D eigenvalue weighted by atomic mass is 32.2. The minimum absolute atomic E-state index is 0.353. The monoisotopic (exact) mass is 176 g/mol. The molecule has 1 aromatic heterocycles. The van der Waals surface area contributed by atoms with Gasteiger partial charge in [-0.15, -0.1) is 10.2 Å². The van der Waals surface area contributed by atoms with Crippen molar-refractivity contribution in [2.45, 2.75) is 5.16 Å². The van der Waals surface area contributed by atoms with Gasteiger partial charge in [-0.05, 0) is 0 Å². The van der Waals surface area contributed by atoms with Crippen molar-refractivity contribution in [3.05, 3.63) is 0 Å². The lowest BCUT2D eigenvalue weighted by atomic mass is 10.9. The number of halogens is 1. The molecule has 6 heteroatoms. The molecule has 0 aliphatic heterocycles. The van der Waals surface area contributed by atoms with E-state index in [1.165, 1.54) is 11.8 Å². The number of alkyl halides is 1. The molecule has 0 bridgehead atoms. The van der Waals surface area contributed by atoms with E-state index < -0.39 is 0 Å². The van der Waals surface area contributed by atoms with Crippen LogP contribution in [-0.2, 0) is 7.05 Å². The second-order valence-corrected chi connectivity index (χ2v) is 3.00. The van der Waals surface area contributed by atoms with Crippen molar-refractivity contribution in [2.75, 3.05) is 18.2 Å². The molecule has 0 unspecified atom stereocenters. The lowest BCUT2D eigenvalue weighted by Gasteiger charge is -1.97. The average molecular weight is 176 g/mol. The van der Waals surface area contributed by atoms with E-state index in [-0.39, 0.29) is 6.67 Å². The Morgan fingerprint density at radius 3 is 2.82 bits per heavy atom. The topological polar surface area (TPSA) is 56.7 Å². The summed E-state index contributed by atoms with van der Waals surface area (Å²) < 4.78 is 13.3. The molecule has 11 heavy (non-hydrogen) atoms. The van der Waals surface area contributed by atoms with Gasteiger partial charge in [-0.3, -0.25) is 8.96 Å². The van der Waals surface area contributed by atoms with Crippen LogP contribution in [0.15, 0.2) is 5.16 Å². The fraction of sp³-hybridized carbons (Fsp3) is 0.600. The molecule has 0 fully saturated rings. The molecule has 1 rings (SSSR count). The zero-order chi connectivity index (χ0) is 8.27. The van der Waals surface area contributed by atoms with Crippen LogP contribution in [-0.4, -0.2) is 27.2 Å². The predicted octanol–water partition coefficient (Wildman–Crippen LogP) is 0.459. The maximum atomic E-state index is 11.7. The van der Waals surface area contributed by atoms with Crippen LogP contribution in [0.1, 0.15) is 0 Å². The highest BCUT2D eigenvalue weighted by Gasteiger charge is 2.04. The summed E-state index contributed by atoms with van der Waals surface area (Å²) in [5.41, 5.74) is 5.39. The Hall–Kier alpha value is -0.780. The number of nitrogen functional groups attached to an aromatic ring is 1. The number of aromatic nitrogens is 3. The van der Waals surface area contributed by atoms with Gasteiger partial charge in [0.2, 0.25) is 5.95 Å². The van der Waals surface area contributed by atoms with Crippen LogP contribution in [0.4, 0.5) is 10.3 Å². The van der Waals surface area contributed by atoms with Crippen molar-refractivity contribution in [3.63, 3.8) is 0 Å². The lowest BCUT2D eigenvalue weighted by molar-refractivity contribution is 0.532. The molecule has 0 spiro atoms. The smallest absolute Gasteiger partial charge is 0.222 e. The maximum absolute atomic E-state index is 11.7. The highest BCUT2D eigenvalue weighted by Crippen LogP contribution is 2.15. The van der Waals surface area contributed by atoms with E-state index in [2.05, 4.69) is 10.2 Å². The summed E-state index contributed by atoms with van der Waals surface area (Å²) >= 11 is 1.30. The van der Waals surface area contributed by atoms with Gasteiger partial charge in [0.1, 0.15) is 0 Å². The molecule has 4 nitrogen and oxygen atoms in total. The van der Waals surface area contributed by atoms with Crippen LogP contribution in [0.25, 0.3) is 0 Å². The minimum atomic E-state index is -0.364. The van der Waals surface area contributed by atoms with Gasteiger partial charge in [0.15, 0.2) is 5.16 Å². The largest absolute Gasteiger partial charge is 0.368 e. The Balaban J connectivity index is 2.63. The van der Waals surface area contributed by atoms with Crippen molar-refractivity contribution >= 4 is 17.7 Å². The summed E-state index contributed by atoms with van der Waals surface area (Å²) in [5.74, 6) is 0.748. The van der Waals surface area contributed by atoms with Crippen LogP contribution in [0.5, 0.6) is 0 Å². The summed E-state index contributed by atoms with van der Waals surface area (Å²) in [6, 6.07) is 0. The van der Waals surface area contributed by atoms with Crippen molar-refractivity contribution in [3.8, 4) is 0 Å². The summed E-state index contributed by atoms with van der Waals surface area (Å²) in [4.78, 5) is 0. The Labute approximate surface area is 68.0 Å². The van der Waals surface area contributed by atoms with Crippen LogP contribution >= 0.6 is 11.8 Å². The van der Waals surface area contributed by atoms with Crippen LogP contribution in [0, 0.1) is 0 Å². The average Bonchev–Trinajstić information content (AvgIpc) is 2.31. The van der Waals surface area contributed by atoms with Crippen LogP contribution in [0.3, 0.4) is 0 Å². The number of hydrogen-bond acceptors (Lipinski definition) is 4. The number of rotatable bonds is 3. The fourth-order valence-corrected chi connectivity index (χ4v) is 1.23. The molecule has 1 aromatic rings. The molecule has 2 N–H and O–H groups in total. The fourth-order valence-electron chi connectivity index (χ4n) is 0.582. The Kier molecular flexibility index (Phi) is 2.70. The Morgan fingerprint density at radius 1 is 1.64 bits per heavy atom. The van der Waals surface area contributed by atoms with Crippen molar-refractivity contribution in [2.24, 2.45) is 7.05 Å². The van der Waals surface area contributed by atoms with Gasteiger partial charge in [-0.1, -0.05) is 11.8 Å². The zero-order valence-corrected chi connectivity index (χ0v) is 6.94. The number of anilines is 1. The molecule has 1 heterocycles. The molecule has 62 valence electrons. The minimum Gasteiger partial charge on any atom is -0.368 e. The molecule has 0 amide bonds. The maximum Gasteiger partial charge on any atom is 0.222 e. The first-order chi connectivity index (χ1) is 5.25. The van der Waals surface area contributed by atoms with Gasteiger partial charge in [0.25, 0.3) is 0 Å². The van der Waals surface area contributed by atoms with Gasteiger partial charge in [-0.2, -0.15) is 0 Å². The SMILES string of the molecule is Cn1c(N)nnc1SCCF. The van der Waals surface area contributed by atoms with E-state index in [0.717, 1.165) is 0 Å². The normalized spacial score (nSPS) is 10.4. The first kappa shape index (κ1) is 8.32. The van der Waals surface area contributed by atoms with E-state index in [1.807, 2.05) is 0 Å². The quantitative estimate of drug-likeness (QED) is 0.680. The summed E-state index contributed by atoms with van der Waals surface area (Å²) in [6.45, 7) is -0.364. The van der Waals surface area contributed by atoms with Crippen LogP contribution in [0.2, 0.25) is 0 Å². The van der Waals surface area contributed by atoms with E-state index in [9.17, 15) is 4.39 Å². The summed E-state index contributed by atoms with van der Waals surface area (Å²) in [7, 11) is 1.75. The predicted molar refractivity (Wildman–Crippen MR) is 42.1 cm³/mol. The van der Waals surface area contributed by atoms with Gasteiger partial charge < -0.3 is 5.73 Å². The van der Waals surface area contributed by atoms with Crippen molar-refractivity contribution in [1.29, 1.82) is 0 Å². The van der Waals surface area contributed by atoms with Gasteiger partial charge >= 0.3 is 0 Å². The molecule has 0 saturated carbocycles. The van der Waals surface area contributed by atoms with Crippen molar-refractivity contribution < 1.29 is 4.39 Å². The number of thioether (sulfide) groups is 1. The van der Waals surface area contributed by atoms with Crippen LogP contribution < -0.4 is 5.73 Å². The third kappa shape index (κ3) is 1.83. The van der Waals surface area contributed by atoms with Crippen molar-refractivity contribution in [1.82, 2.24) is 14.8 Å². The van der Waals surface area contributed by atoms with Gasteiger partial charge in [-0.25, -0.2) is 0 Å². The molecule has 0 aliphatic carbocycles. The molecular weight excluding hydrogens is 167 g/mol. The standard InChI is InChI=1S/C5H9FN4S/c1-10-4(7)8-9-5(10)11-3-2-6/h2-3H2,1H3,(H2,7,8). The van der Waals surface area contributed by atoms with E-state index >= 15 is 0 Å². The highest BCUT2D eigenvalue weighted by molar-refractivity contribution is 7.99. The third-order valence-electron chi connectivity index (χ3n) is 1.18. The first-order valence-corrected chi connectivity index (χ1v) is 4.08. The Morgan fingerprint density at radius 2 is 2.36 bits per heavy atom. The molecule has 0 saturated heterocycles. The molecule has 0 atom stereocenters. The molecule has 0 aliphatic rings. The summed E-state index contributed by atoms with van der Waals surface area (Å²) in [6.07, 6.45) is 0. The van der Waals surface area contributed by atoms with E-state index in [1.54, 1.807) is 11.6 Å². The number of nitrogens with two attached hydrogens (primary N) is 1. The lowest BCUT2D eigenvalue weighted by Crippen LogP contribution is -1.98. The molecular formula is C5H9FN4S. The van der Waals surface area contributed by atoms with Gasteiger partial charge in [0.05, 0.1) is 6.67 Å². The second-order valence-electron chi connectivity index (χ2n) is 1.94. The summed E-state index contributed by atoms with van der Waals surface area (Å²) in [5, 5.41) is 8.01. The van der Waals surface area contributed by atoms with E-state index in [4.69, 9.17) is 5.73 Å². The molecule has 0 aromatic carbocycles. The van der Waals surface area contributed by atoms with Gasteiger partial charge in [0, 0.05) is 12.8 Å². The Bertz CT molecular complexity index is 236. The van der Waals surface area contributed by atoms with E-state index in [0.29, 0.717) is 16.9 Å². The molecule has 0 radical (unpaired) electrons. The zero-order valence-electron chi connectivity index (χ0n) is 6.12. The third-order valence-corrected chi connectivity index (χ3v) is 2.15. The number of nitrogens with zero attached hydrogens (tertiary/aromatic N) is 3. The first-order valence-electron chi connectivity index (χ1n) is 3.09. The number of hydrogen-bond donors (Lipinski definition) is 1. The second kappa shape index (κ2) is 3.56.